The van der Waals surface area contributed by atoms with E-state index in [-0.39, 0.29) is 5.91 Å². The Hall–Kier alpha value is -1.73. The van der Waals surface area contributed by atoms with Crippen LogP contribution in [0.25, 0.3) is 0 Å². The van der Waals surface area contributed by atoms with Gasteiger partial charge in [-0.25, -0.2) is 0 Å². The molecule has 0 fully saturated rings. The minimum absolute atomic E-state index is 0.311. The first-order chi connectivity index (χ1) is 9.72. The van der Waals surface area contributed by atoms with E-state index in [9.17, 15) is 4.79 Å². The molecule has 20 heavy (non-hydrogen) atoms. The molecule has 0 unspecified atom stereocenters. The monoisotopic (exact) mass is 280 g/mol. The van der Waals surface area contributed by atoms with Crippen molar-refractivity contribution < 1.29 is 18.9 Å². The summed E-state index contributed by atoms with van der Waals surface area (Å²) in [7, 11) is 2.14. The van der Waals surface area contributed by atoms with Crippen LogP contribution < -0.4 is 20.4 Å². The minimum atomic E-state index is -0.311. The molecule has 7 heteroatoms. The van der Waals surface area contributed by atoms with Gasteiger partial charge in [-0.1, -0.05) is 6.07 Å². The number of carbonyl (C=O) groups excluding carboxylic acids is 1. The maximum absolute atomic E-state index is 10.6. The molecule has 3 N–H and O–H groups in total. The van der Waals surface area contributed by atoms with Crippen LogP contribution in [0.1, 0.15) is 12.8 Å². The SMILES string of the molecule is COBNCCOc1cccc(OCCCC(N)=O)c1. The maximum Gasteiger partial charge on any atom is 0.360 e. The van der Waals surface area contributed by atoms with Crippen molar-refractivity contribution in [3.05, 3.63) is 24.3 Å². The summed E-state index contributed by atoms with van der Waals surface area (Å²) in [6, 6.07) is 7.40. The van der Waals surface area contributed by atoms with E-state index in [1.54, 1.807) is 7.11 Å². The zero-order valence-corrected chi connectivity index (χ0v) is 11.8. The Bertz CT molecular complexity index is 404. The molecule has 0 saturated heterocycles. The topological polar surface area (TPSA) is 82.8 Å². The van der Waals surface area contributed by atoms with Crippen molar-refractivity contribution >= 4 is 13.5 Å². The molecule has 6 nitrogen and oxygen atoms in total. The van der Waals surface area contributed by atoms with Gasteiger partial charge in [-0.3, -0.25) is 4.79 Å². The number of primary amides is 1. The Morgan fingerprint density at radius 2 is 2.00 bits per heavy atom. The van der Waals surface area contributed by atoms with Crippen LogP contribution in [0.2, 0.25) is 0 Å². The van der Waals surface area contributed by atoms with Gasteiger partial charge >= 0.3 is 7.62 Å². The van der Waals surface area contributed by atoms with E-state index in [0.29, 0.717) is 40.2 Å². The first kappa shape index (κ1) is 16.3. The molecule has 0 saturated carbocycles. The highest BCUT2D eigenvalue weighted by Gasteiger charge is 1.99. The summed E-state index contributed by atoms with van der Waals surface area (Å²) in [5.74, 6) is 1.16. The predicted octanol–water partition coefficient (Wildman–Crippen LogP) is 0.212. The van der Waals surface area contributed by atoms with Gasteiger partial charge < -0.3 is 25.1 Å². The maximum atomic E-state index is 10.6. The van der Waals surface area contributed by atoms with Gasteiger partial charge in [-0.15, -0.1) is 0 Å². The largest absolute Gasteiger partial charge is 0.493 e. The van der Waals surface area contributed by atoms with E-state index in [0.717, 1.165) is 11.5 Å². The first-order valence-electron chi connectivity index (χ1n) is 6.56. The molecule has 1 aromatic rings. The lowest BCUT2D eigenvalue weighted by Crippen LogP contribution is -2.26. The second-order valence-corrected chi connectivity index (χ2v) is 4.17. The van der Waals surface area contributed by atoms with Gasteiger partial charge in [0.05, 0.1) is 13.2 Å². The summed E-state index contributed by atoms with van der Waals surface area (Å²) in [6.45, 7) is 1.72. The van der Waals surface area contributed by atoms with Crippen molar-refractivity contribution in [3.8, 4) is 11.5 Å². The number of hydrogen-bond donors (Lipinski definition) is 2. The number of rotatable bonds is 11. The van der Waals surface area contributed by atoms with E-state index in [1.807, 2.05) is 24.3 Å². The van der Waals surface area contributed by atoms with Gasteiger partial charge in [0.15, 0.2) is 0 Å². The van der Waals surface area contributed by atoms with Crippen molar-refractivity contribution in [2.24, 2.45) is 5.73 Å². The predicted molar refractivity (Wildman–Crippen MR) is 78.0 cm³/mol. The van der Waals surface area contributed by atoms with E-state index < -0.39 is 0 Å². The third-order valence-corrected chi connectivity index (χ3v) is 2.44. The average Bonchev–Trinajstić information content (AvgIpc) is 2.44. The minimum Gasteiger partial charge on any atom is -0.493 e. The molecule has 1 rings (SSSR count). The molecule has 0 heterocycles. The Kier molecular flexibility index (Phi) is 8.25. The average molecular weight is 280 g/mol. The summed E-state index contributed by atoms with van der Waals surface area (Å²) < 4.78 is 15.9. The van der Waals surface area contributed by atoms with Crippen molar-refractivity contribution in [2.45, 2.75) is 12.8 Å². The lowest BCUT2D eigenvalue weighted by atomic mass is 10.3. The Morgan fingerprint density at radius 3 is 2.65 bits per heavy atom. The number of ether oxygens (including phenoxy) is 2. The fourth-order valence-corrected chi connectivity index (χ4v) is 1.51. The van der Waals surface area contributed by atoms with Crippen LogP contribution in [0.15, 0.2) is 24.3 Å². The molecule has 1 aromatic carbocycles. The third kappa shape index (κ3) is 7.65. The highest BCUT2D eigenvalue weighted by atomic mass is 16.5. The molecule has 0 aromatic heterocycles. The number of hydrogen-bond acceptors (Lipinski definition) is 5. The van der Waals surface area contributed by atoms with Crippen LogP contribution in [-0.2, 0) is 9.45 Å². The van der Waals surface area contributed by atoms with Crippen LogP contribution in [0, 0.1) is 0 Å². The summed E-state index contributed by atoms with van der Waals surface area (Å²) in [5.41, 5.74) is 5.06. The van der Waals surface area contributed by atoms with Crippen LogP contribution in [0.4, 0.5) is 0 Å². The second kappa shape index (κ2) is 10.1. The van der Waals surface area contributed by atoms with Crippen LogP contribution in [0.5, 0.6) is 11.5 Å². The zero-order chi connectivity index (χ0) is 14.6. The van der Waals surface area contributed by atoms with Gasteiger partial charge in [0.1, 0.15) is 11.5 Å². The molecule has 110 valence electrons. The molecule has 0 radical (unpaired) electrons. The number of nitrogens with two attached hydrogens (primary N) is 1. The molecule has 0 aliphatic heterocycles. The van der Waals surface area contributed by atoms with Gasteiger partial charge in [0.25, 0.3) is 0 Å². The van der Waals surface area contributed by atoms with Crippen molar-refractivity contribution in [1.82, 2.24) is 5.23 Å². The van der Waals surface area contributed by atoms with Gasteiger partial charge in [0.2, 0.25) is 5.91 Å². The summed E-state index contributed by atoms with van der Waals surface area (Å²) >= 11 is 0. The molecule has 0 spiro atoms. The fraction of sp³-hybridized carbons (Fsp3) is 0.462. The lowest BCUT2D eigenvalue weighted by Gasteiger charge is -2.09. The Balaban J connectivity index is 2.24. The van der Waals surface area contributed by atoms with Gasteiger partial charge in [-0.05, 0) is 18.6 Å². The normalized spacial score (nSPS) is 10.1. The van der Waals surface area contributed by atoms with Crippen LogP contribution in [-0.4, -0.2) is 40.4 Å². The first-order valence-corrected chi connectivity index (χ1v) is 6.56. The summed E-state index contributed by atoms with van der Waals surface area (Å²) in [5, 5.41) is 3.05. The quantitative estimate of drug-likeness (QED) is 0.447. The van der Waals surface area contributed by atoms with E-state index in [1.165, 1.54) is 0 Å². The van der Waals surface area contributed by atoms with Crippen LogP contribution >= 0.6 is 0 Å². The molecular weight excluding hydrogens is 259 g/mol. The highest BCUT2D eigenvalue weighted by molar-refractivity contribution is 6.23. The number of carbonyl (C=O) groups is 1. The molecule has 1 amide bonds. The lowest BCUT2D eigenvalue weighted by molar-refractivity contribution is -0.118. The number of benzene rings is 1. The molecule has 0 bridgehead atoms. The summed E-state index contributed by atoms with van der Waals surface area (Å²) in [4.78, 5) is 10.6. The van der Waals surface area contributed by atoms with Crippen molar-refractivity contribution in [2.75, 3.05) is 26.9 Å². The smallest absolute Gasteiger partial charge is 0.360 e. The second-order valence-electron chi connectivity index (χ2n) is 4.17. The van der Waals surface area contributed by atoms with Crippen molar-refractivity contribution in [1.29, 1.82) is 0 Å². The Labute approximate surface area is 119 Å². The Morgan fingerprint density at radius 1 is 1.30 bits per heavy atom. The van der Waals surface area contributed by atoms with Crippen LogP contribution in [0.3, 0.4) is 0 Å². The van der Waals surface area contributed by atoms with Gasteiger partial charge in [0, 0.05) is 26.1 Å². The number of amides is 1. The third-order valence-electron chi connectivity index (χ3n) is 2.44. The number of nitrogens with one attached hydrogen (secondary N) is 1. The molecule has 0 aliphatic rings. The molecule has 0 aliphatic carbocycles. The fourth-order valence-electron chi connectivity index (χ4n) is 1.51. The van der Waals surface area contributed by atoms with E-state index in [2.05, 4.69) is 5.23 Å². The highest BCUT2D eigenvalue weighted by Crippen LogP contribution is 2.19. The molecule has 0 atom stereocenters. The van der Waals surface area contributed by atoms with E-state index >= 15 is 0 Å². The standard InChI is InChI=1S/C13H21BN2O4/c1-18-14-16-7-9-20-12-5-2-4-11(10-12)19-8-3-6-13(15)17/h2,4-5,10,14,16H,3,6-9H2,1H3,(H2,15,17). The summed E-state index contributed by atoms with van der Waals surface area (Å²) in [6.07, 6.45) is 0.947. The van der Waals surface area contributed by atoms with E-state index in [4.69, 9.17) is 19.9 Å². The zero-order valence-electron chi connectivity index (χ0n) is 11.8. The van der Waals surface area contributed by atoms with Crippen molar-refractivity contribution in [3.63, 3.8) is 0 Å². The van der Waals surface area contributed by atoms with Gasteiger partial charge in [-0.2, -0.15) is 0 Å². The molecular formula is C13H21BN2O4.